The van der Waals surface area contributed by atoms with Gasteiger partial charge in [-0.15, -0.1) is 0 Å². The van der Waals surface area contributed by atoms with E-state index in [0.29, 0.717) is 10.9 Å². The lowest BCUT2D eigenvalue weighted by molar-refractivity contribution is 0.0683. The number of aromatic nitrogens is 2. The van der Waals surface area contributed by atoms with Crippen LogP contribution in [0.1, 0.15) is 30.1 Å². The summed E-state index contributed by atoms with van der Waals surface area (Å²) in [4.78, 5) is 14.7. The standard InChI is InChI=1S/C22H22ClN3O/c1-15-3-2-12-26(14-15)22(27)18-6-4-16(5-7-18)20-13-21(25-24-20)17-8-10-19(23)11-9-17/h4-11,13,15H,2-3,12,14H2,1H3,(H,24,25)/t15-/m1/s1. The summed E-state index contributed by atoms with van der Waals surface area (Å²) in [6.07, 6.45) is 2.30. The number of hydrogen-bond acceptors (Lipinski definition) is 2. The second-order valence-corrected chi connectivity index (χ2v) is 7.69. The molecule has 138 valence electrons. The van der Waals surface area contributed by atoms with Gasteiger partial charge in [-0.1, -0.05) is 42.8 Å². The molecule has 1 atom stereocenters. The average Bonchev–Trinajstić information content (AvgIpc) is 3.18. The highest BCUT2D eigenvalue weighted by molar-refractivity contribution is 6.30. The van der Waals surface area contributed by atoms with E-state index < -0.39 is 0 Å². The zero-order valence-electron chi connectivity index (χ0n) is 15.3. The van der Waals surface area contributed by atoms with Gasteiger partial charge in [0.15, 0.2) is 0 Å². The highest BCUT2D eigenvalue weighted by Crippen LogP contribution is 2.26. The second-order valence-electron chi connectivity index (χ2n) is 7.25. The Morgan fingerprint density at radius 2 is 1.81 bits per heavy atom. The number of carbonyl (C=O) groups excluding carboxylic acids is 1. The van der Waals surface area contributed by atoms with E-state index in [2.05, 4.69) is 17.1 Å². The van der Waals surface area contributed by atoms with Crippen LogP contribution in [-0.4, -0.2) is 34.1 Å². The molecule has 1 saturated heterocycles. The Morgan fingerprint density at radius 3 is 2.52 bits per heavy atom. The van der Waals surface area contributed by atoms with Crippen molar-refractivity contribution in [2.45, 2.75) is 19.8 Å². The lowest BCUT2D eigenvalue weighted by Gasteiger charge is -2.31. The van der Waals surface area contributed by atoms with E-state index >= 15 is 0 Å². The zero-order valence-corrected chi connectivity index (χ0v) is 16.0. The summed E-state index contributed by atoms with van der Waals surface area (Å²) in [6, 6.07) is 17.4. The Balaban J connectivity index is 1.51. The zero-order chi connectivity index (χ0) is 18.8. The number of halogens is 1. The van der Waals surface area contributed by atoms with Gasteiger partial charge in [0.2, 0.25) is 0 Å². The maximum absolute atomic E-state index is 12.7. The molecule has 5 heteroatoms. The highest BCUT2D eigenvalue weighted by Gasteiger charge is 2.22. The molecule has 0 saturated carbocycles. The molecule has 1 amide bonds. The first-order chi connectivity index (χ1) is 13.1. The molecule has 1 fully saturated rings. The Hall–Kier alpha value is -2.59. The molecule has 3 aromatic rings. The molecule has 0 aliphatic carbocycles. The number of aromatic amines is 1. The number of H-pyrrole nitrogens is 1. The van der Waals surface area contributed by atoms with Crippen LogP contribution >= 0.6 is 11.6 Å². The molecule has 1 aliphatic rings. The number of hydrogen-bond donors (Lipinski definition) is 1. The summed E-state index contributed by atoms with van der Waals surface area (Å²) in [5.41, 5.74) is 4.54. The molecule has 1 N–H and O–H groups in total. The van der Waals surface area contributed by atoms with Gasteiger partial charge in [0.05, 0.1) is 11.4 Å². The van der Waals surface area contributed by atoms with E-state index in [0.717, 1.165) is 47.6 Å². The van der Waals surface area contributed by atoms with Gasteiger partial charge in [-0.05, 0) is 54.7 Å². The number of likely N-dealkylation sites (tertiary alicyclic amines) is 1. The minimum Gasteiger partial charge on any atom is -0.338 e. The fourth-order valence-electron chi connectivity index (χ4n) is 3.59. The van der Waals surface area contributed by atoms with Gasteiger partial charge in [0.25, 0.3) is 5.91 Å². The van der Waals surface area contributed by atoms with E-state index in [-0.39, 0.29) is 5.91 Å². The van der Waals surface area contributed by atoms with E-state index in [9.17, 15) is 4.79 Å². The molecule has 0 bridgehead atoms. The smallest absolute Gasteiger partial charge is 0.253 e. The van der Waals surface area contributed by atoms with Gasteiger partial charge < -0.3 is 4.90 Å². The van der Waals surface area contributed by atoms with Crippen molar-refractivity contribution in [1.29, 1.82) is 0 Å². The molecule has 4 rings (SSSR count). The SMILES string of the molecule is C[C@@H]1CCCN(C(=O)c2ccc(-c3cc(-c4ccc(Cl)cc4)[nH]n3)cc2)C1. The van der Waals surface area contributed by atoms with Gasteiger partial charge >= 0.3 is 0 Å². The number of nitrogens with one attached hydrogen (secondary N) is 1. The Kier molecular flexibility index (Phi) is 4.99. The van der Waals surface area contributed by atoms with Crippen molar-refractivity contribution in [3.8, 4) is 22.5 Å². The van der Waals surface area contributed by atoms with Crippen LogP contribution in [-0.2, 0) is 0 Å². The highest BCUT2D eigenvalue weighted by atomic mass is 35.5. The van der Waals surface area contributed by atoms with Crippen LogP contribution in [0.5, 0.6) is 0 Å². The Bertz CT molecular complexity index is 931. The molecule has 4 nitrogen and oxygen atoms in total. The topological polar surface area (TPSA) is 49.0 Å². The van der Waals surface area contributed by atoms with Crippen molar-refractivity contribution in [3.05, 3.63) is 65.2 Å². The number of nitrogens with zero attached hydrogens (tertiary/aromatic N) is 2. The van der Waals surface area contributed by atoms with Crippen molar-refractivity contribution in [3.63, 3.8) is 0 Å². The quantitative estimate of drug-likeness (QED) is 0.673. The number of piperidine rings is 1. The van der Waals surface area contributed by atoms with Crippen LogP contribution in [0.3, 0.4) is 0 Å². The van der Waals surface area contributed by atoms with E-state index in [1.165, 1.54) is 6.42 Å². The van der Waals surface area contributed by atoms with Crippen molar-refractivity contribution in [2.75, 3.05) is 13.1 Å². The molecule has 27 heavy (non-hydrogen) atoms. The van der Waals surface area contributed by atoms with Crippen LogP contribution in [0.15, 0.2) is 54.6 Å². The van der Waals surface area contributed by atoms with Gasteiger partial charge in [-0.3, -0.25) is 9.89 Å². The summed E-state index contributed by atoms with van der Waals surface area (Å²) in [7, 11) is 0. The first-order valence-electron chi connectivity index (χ1n) is 9.31. The molecule has 1 aliphatic heterocycles. The maximum Gasteiger partial charge on any atom is 0.253 e. The normalized spacial score (nSPS) is 17.1. The van der Waals surface area contributed by atoms with Crippen molar-refractivity contribution in [2.24, 2.45) is 5.92 Å². The molecule has 2 aromatic carbocycles. The third-order valence-electron chi connectivity index (χ3n) is 5.10. The molecule has 1 aromatic heterocycles. The molecule has 2 heterocycles. The van der Waals surface area contributed by atoms with Crippen LogP contribution in [0.2, 0.25) is 5.02 Å². The first-order valence-corrected chi connectivity index (χ1v) is 9.69. The maximum atomic E-state index is 12.7. The monoisotopic (exact) mass is 379 g/mol. The lowest BCUT2D eigenvalue weighted by Crippen LogP contribution is -2.39. The summed E-state index contributed by atoms with van der Waals surface area (Å²) >= 11 is 5.95. The number of amides is 1. The summed E-state index contributed by atoms with van der Waals surface area (Å²) in [5.74, 6) is 0.703. The average molecular weight is 380 g/mol. The molecular formula is C22H22ClN3O. The predicted molar refractivity (Wildman–Crippen MR) is 109 cm³/mol. The fourth-order valence-corrected chi connectivity index (χ4v) is 3.71. The van der Waals surface area contributed by atoms with Gasteiger partial charge in [0.1, 0.15) is 0 Å². The minimum absolute atomic E-state index is 0.122. The fraction of sp³-hybridized carbons (Fsp3) is 0.273. The van der Waals surface area contributed by atoms with Crippen LogP contribution in [0, 0.1) is 5.92 Å². The Morgan fingerprint density at radius 1 is 1.11 bits per heavy atom. The van der Waals surface area contributed by atoms with Gasteiger partial charge in [-0.2, -0.15) is 5.10 Å². The molecule has 0 spiro atoms. The summed E-state index contributed by atoms with van der Waals surface area (Å²) < 4.78 is 0. The van der Waals surface area contributed by atoms with Crippen LogP contribution in [0.25, 0.3) is 22.5 Å². The second kappa shape index (κ2) is 7.57. The van der Waals surface area contributed by atoms with Crippen LogP contribution < -0.4 is 0 Å². The third kappa shape index (κ3) is 3.91. The third-order valence-corrected chi connectivity index (χ3v) is 5.36. The predicted octanol–water partition coefficient (Wildman–Crippen LogP) is 5.27. The Labute approximate surface area is 164 Å². The molecular weight excluding hydrogens is 358 g/mol. The first kappa shape index (κ1) is 17.8. The van der Waals surface area contributed by atoms with Gasteiger partial charge in [-0.25, -0.2) is 0 Å². The largest absolute Gasteiger partial charge is 0.338 e. The van der Waals surface area contributed by atoms with Gasteiger partial charge in [0, 0.05) is 29.2 Å². The van der Waals surface area contributed by atoms with E-state index in [4.69, 9.17) is 11.6 Å². The van der Waals surface area contributed by atoms with E-state index in [1.54, 1.807) is 0 Å². The van der Waals surface area contributed by atoms with Crippen molar-refractivity contribution < 1.29 is 4.79 Å². The summed E-state index contributed by atoms with van der Waals surface area (Å²) in [6.45, 7) is 3.91. The van der Waals surface area contributed by atoms with Crippen molar-refractivity contribution >= 4 is 17.5 Å². The molecule has 0 radical (unpaired) electrons. The van der Waals surface area contributed by atoms with Crippen molar-refractivity contribution in [1.82, 2.24) is 15.1 Å². The van der Waals surface area contributed by atoms with Crippen LogP contribution in [0.4, 0.5) is 0 Å². The number of carbonyl (C=O) groups is 1. The molecule has 0 unspecified atom stereocenters. The lowest BCUT2D eigenvalue weighted by atomic mass is 9.99. The summed E-state index contributed by atoms with van der Waals surface area (Å²) in [5, 5.41) is 8.18. The van der Waals surface area contributed by atoms with E-state index in [1.807, 2.05) is 59.5 Å². The number of rotatable bonds is 3. The number of benzene rings is 2. The minimum atomic E-state index is 0.122.